The van der Waals surface area contributed by atoms with Crippen LogP contribution in [0, 0.1) is 0 Å². The normalized spacial score (nSPS) is 10.7. The van der Waals surface area contributed by atoms with Crippen LogP contribution in [0.5, 0.6) is 11.5 Å². The van der Waals surface area contributed by atoms with Crippen LogP contribution in [0.25, 0.3) is 0 Å². The van der Waals surface area contributed by atoms with Gasteiger partial charge in [-0.05, 0) is 62.7 Å². The molecule has 0 fully saturated rings. The predicted octanol–water partition coefficient (Wildman–Crippen LogP) is 2.73. The highest BCUT2D eigenvalue weighted by molar-refractivity contribution is 6.35. The van der Waals surface area contributed by atoms with Crippen molar-refractivity contribution < 1.29 is 23.9 Å². The van der Waals surface area contributed by atoms with E-state index in [0.717, 1.165) is 0 Å². The zero-order valence-electron chi connectivity index (χ0n) is 18.0. The summed E-state index contributed by atoms with van der Waals surface area (Å²) in [5.74, 6) is -1.23. The number of carbonyl (C=O) groups is 3. The minimum Gasteiger partial charge on any atom is -0.490 e. The molecule has 2 aromatic rings. The Labute approximate surface area is 191 Å². The minimum atomic E-state index is -0.870. The molecule has 170 valence electrons. The molecule has 2 aromatic carbocycles. The Bertz CT molecular complexity index is 994. The van der Waals surface area contributed by atoms with Gasteiger partial charge in [0.25, 0.3) is 5.91 Å². The number of rotatable bonds is 9. The lowest BCUT2D eigenvalue weighted by Crippen LogP contribution is -2.41. The van der Waals surface area contributed by atoms with Gasteiger partial charge in [0.2, 0.25) is 0 Å². The lowest BCUT2D eigenvalue weighted by atomic mass is 10.2. The van der Waals surface area contributed by atoms with E-state index in [1.165, 1.54) is 6.21 Å². The molecular weight excluding hydrogens is 436 g/mol. The number of nitrogens with one attached hydrogen (secondary N) is 3. The van der Waals surface area contributed by atoms with E-state index in [0.29, 0.717) is 34.4 Å². The van der Waals surface area contributed by atoms with Gasteiger partial charge in [-0.1, -0.05) is 17.7 Å². The van der Waals surface area contributed by atoms with Crippen LogP contribution in [0.2, 0.25) is 5.02 Å². The van der Waals surface area contributed by atoms with Crippen molar-refractivity contribution in [2.45, 2.75) is 26.8 Å². The highest BCUT2D eigenvalue weighted by atomic mass is 35.5. The Morgan fingerprint density at radius 2 is 1.84 bits per heavy atom. The molecule has 0 saturated heterocycles. The molecule has 0 atom stereocenters. The summed E-state index contributed by atoms with van der Waals surface area (Å²) >= 11 is 5.91. The van der Waals surface area contributed by atoms with Crippen molar-refractivity contribution in [3.05, 3.63) is 53.1 Å². The SMILES string of the molecule is CCOc1cc(/C=N\NC(=O)C(=O)NC(C)C)ccc1OCC(=O)Nc1cccc(Cl)c1. The van der Waals surface area contributed by atoms with Crippen molar-refractivity contribution in [2.75, 3.05) is 18.5 Å². The summed E-state index contributed by atoms with van der Waals surface area (Å²) in [6, 6.07) is 11.5. The average molecular weight is 461 g/mol. The second-order valence-electron chi connectivity index (χ2n) is 6.81. The molecule has 2 rings (SSSR count). The number of carbonyl (C=O) groups excluding carboxylic acids is 3. The van der Waals surface area contributed by atoms with Crippen LogP contribution in [0.4, 0.5) is 5.69 Å². The first-order chi connectivity index (χ1) is 15.3. The Kier molecular flexibility index (Phi) is 9.49. The Morgan fingerprint density at radius 1 is 1.06 bits per heavy atom. The van der Waals surface area contributed by atoms with E-state index in [-0.39, 0.29) is 18.6 Å². The van der Waals surface area contributed by atoms with Crippen LogP contribution in [-0.2, 0) is 14.4 Å². The fourth-order valence-electron chi connectivity index (χ4n) is 2.44. The van der Waals surface area contributed by atoms with Crippen LogP contribution in [0.1, 0.15) is 26.3 Å². The van der Waals surface area contributed by atoms with Gasteiger partial charge in [0, 0.05) is 16.8 Å². The number of hydrogen-bond donors (Lipinski definition) is 3. The third kappa shape index (κ3) is 8.27. The molecular formula is C22H25ClN4O5. The van der Waals surface area contributed by atoms with Gasteiger partial charge in [0.1, 0.15) is 0 Å². The molecule has 0 spiro atoms. The van der Waals surface area contributed by atoms with Crippen LogP contribution >= 0.6 is 11.6 Å². The number of hydrazone groups is 1. The van der Waals surface area contributed by atoms with E-state index >= 15 is 0 Å². The first-order valence-corrected chi connectivity index (χ1v) is 10.2. The largest absolute Gasteiger partial charge is 0.490 e. The molecule has 3 amide bonds. The van der Waals surface area contributed by atoms with E-state index in [1.807, 2.05) is 6.92 Å². The van der Waals surface area contributed by atoms with Crippen LogP contribution < -0.4 is 25.5 Å². The Hall–Kier alpha value is -3.59. The molecule has 0 unspecified atom stereocenters. The van der Waals surface area contributed by atoms with Crippen molar-refractivity contribution in [3.63, 3.8) is 0 Å². The lowest BCUT2D eigenvalue weighted by Gasteiger charge is -2.12. The van der Waals surface area contributed by atoms with Crippen LogP contribution in [-0.4, -0.2) is 43.2 Å². The quantitative estimate of drug-likeness (QED) is 0.302. The van der Waals surface area contributed by atoms with Crippen LogP contribution in [0.15, 0.2) is 47.6 Å². The van der Waals surface area contributed by atoms with Gasteiger partial charge >= 0.3 is 11.8 Å². The first-order valence-electron chi connectivity index (χ1n) is 9.87. The Morgan fingerprint density at radius 3 is 2.53 bits per heavy atom. The third-order valence-electron chi connectivity index (χ3n) is 3.74. The van der Waals surface area contributed by atoms with Gasteiger partial charge in [-0.2, -0.15) is 5.10 Å². The number of ether oxygens (including phenoxy) is 2. The van der Waals surface area contributed by atoms with Gasteiger partial charge in [0.05, 0.1) is 12.8 Å². The molecule has 0 aliphatic carbocycles. The molecule has 9 nitrogen and oxygen atoms in total. The fraction of sp³-hybridized carbons (Fsp3) is 0.273. The van der Waals surface area contributed by atoms with Crippen molar-refractivity contribution in [1.82, 2.24) is 10.7 Å². The number of benzene rings is 2. The van der Waals surface area contributed by atoms with E-state index < -0.39 is 11.8 Å². The third-order valence-corrected chi connectivity index (χ3v) is 3.98. The van der Waals surface area contributed by atoms with E-state index in [2.05, 4.69) is 21.2 Å². The monoisotopic (exact) mass is 460 g/mol. The van der Waals surface area contributed by atoms with Gasteiger partial charge < -0.3 is 20.1 Å². The summed E-state index contributed by atoms with van der Waals surface area (Å²) in [4.78, 5) is 35.4. The summed E-state index contributed by atoms with van der Waals surface area (Å²) in [6.07, 6.45) is 1.36. The maximum Gasteiger partial charge on any atom is 0.329 e. The summed E-state index contributed by atoms with van der Waals surface area (Å²) in [5, 5.41) is 9.44. The molecule has 0 aliphatic heterocycles. The van der Waals surface area contributed by atoms with E-state index in [9.17, 15) is 14.4 Å². The predicted molar refractivity (Wildman–Crippen MR) is 122 cm³/mol. The topological polar surface area (TPSA) is 118 Å². The summed E-state index contributed by atoms with van der Waals surface area (Å²) in [6.45, 7) is 5.44. The molecule has 0 saturated carbocycles. The molecule has 0 aliphatic rings. The van der Waals surface area contributed by atoms with Crippen LogP contribution in [0.3, 0.4) is 0 Å². The van der Waals surface area contributed by atoms with Gasteiger partial charge in [-0.15, -0.1) is 0 Å². The van der Waals surface area contributed by atoms with Gasteiger partial charge in [0.15, 0.2) is 18.1 Å². The Balaban J connectivity index is 1.97. The molecule has 32 heavy (non-hydrogen) atoms. The average Bonchev–Trinajstić information content (AvgIpc) is 2.73. The zero-order chi connectivity index (χ0) is 23.5. The van der Waals surface area contributed by atoms with Crippen molar-refractivity contribution >= 4 is 41.2 Å². The van der Waals surface area contributed by atoms with Crippen molar-refractivity contribution in [3.8, 4) is 11.5 Å². The lowest BCUT2D eigenvalue weighted by molar-refractivity contribution is -0.139. The number of halogens is 1. The molecule has 10 heteroatoms. The molecule has 0 heterocycles. The fourth-order valence-corrected chi connectivity index (χ4v) is 2.63. The highest BCUT2D eigenvalue weighted by Crippen LogP contribution is 2.28. The smallest absolute Gasteiger partial charge is 0.329 e. The standard InChI is InChI=1S/C22H25ClN4O5/c1-4-31-19-10-15(12-24-27-22(30)21(29)25-14(2)3)8-9-18(19)32-13-20(28)26-17-7-5-6-16(23)11-17/h5-12,14H,4,13H2,1-3H3,(H,25,29)(H,26,28)(H,27,30)/b24-12-. The van der Waals surface area contributed by atoms with Gasteiger partial charge in [-0.3, -0.25) is 14.4 Å². The summed E-state index contributed by atoms with van der Waals surface area (Å²) < 4.78 is 11.1. The number of anilines is 1. The molecule has 0 radical (unpaired) electrons. The number of nitrogens with zero attached hydrogens (tertiary/aromatic N) is 1. The van der Waals surface area contributed by atoms with Gasteiger partial charge in [-0.25, -0.2) is 5.43 Å². The number of amides is 3. The highest BCUT2D eigenvalue weighted by Gasteiger charge is 2.13. The molecule has 3 N–H and O–H groups in total. The van der Waals surface area contributed by atoms with E-state index in [4.69, 9.17) is 21.1 Å². The molecule has 0 bridgehead atoms. The molecule has 0 aromatic heterocycles. The maximum atomic E-state index is 12.1. The minimum absolute atomic E-state index is 0.161. The van der Waals surface area contributed by atoms with Crippen molar-refractivity contribution in [1.29, 1.82) is 0 Å². The summed E-state index contributed by atoms with van der Waals surface area (Å²) in [7, 11) is 0. The maximum absolute atomic E-state index is 12.1. The first kappa shape index (κ1) is 24.7. The summed E-state index contributed by atoms with van der Waals surface area (Å²) in [5.41, 5.74) is 3.31. The second-order valence-corrected chi connectivity index (χ2v) is 7.25. The number of hydrogen-bond acceptors (Lipinski definition) is 6. The van der Waals surface area contributed by atoms with E-state index in [1.54, 1.807) is 56.3 Å². The van der Waals surface area contributed by atoms with Crippen molar-refractivity contribution in [2.24, 2.45) is 5.10 Å². The zero-order valence-corrected chi connectivity index (χ0v) is 18.7. The second kappa shape index (κ2) is 12.3.